The molecule has 0 saturated carbocycles. The van der Waals surface area contributed by atoms with Gasteiger partial charge < -0.3 is 8.49 Å². The highest BCUT2D eigenvalue weighted by Crippen LogP contribution is 2.15. The monoisotopic (exact) mass is 310 g/mol. The Hall–Kier alpha value is 0.190. The van der Waals surface area contributed by atoms with Crippen LogP contribution in [0.4, 0.5) is 0 Å². The summed E-state index contributed by atoms with van der Waals surface area (Å²) in [4.78, 5) is 0. The lowest BCUT2D eigenvalue weighted by Crippen LogP contribution is -2.45. The minimum Gasteiger partial charge on any atom is -0.323 e. The number of allylic oxidation sites excluding steroid dienone is 1. The molecule has 1 saturated heterocycles. The maximum Gasteiger partial charge on any atom is 0.110 e. The van der Waals surface area contributed by atoms with Gasteiger partial charge in [-0.2, -0.15) is 0 Å². The largest absolute Gasteiger partial charge is 0.323 e. The fraction of sp³-hybridized carbons (Fsp3) is 0.800. The van der Waals surface area contributed by atoms with Gasteiger partial charge in [-0.05, 0) is 18.8 Å². The first-order valence-corrected chi connectivity index (χ1v) is 5.99. The lowest BCUT2D eigenvalue weighted by molar-refractivity contribution is 0.101. The molecule has 1 heterocycles. The second kappa shape index (κ2) is 5.92. The summed E-state index contributed by atoms with van der Waals surface area (Å²) in [6.07, 6.45) is 2.63. The maximum atomic E-state index is 5.29. The molecule has 0 unspecified atom stereocenters. The SMILES string of the molecule is C=C(NN1CCC(OI)CC1)C(C)C. The van der Waals surface area contributed by atoms with Crippen LogP contribution in [0.5, 0.6) is 0 Å². The van der Waals surface area contributed by atoms with E-state index in [0.29, 0.717) is 12.0 Å². The van der Waals surface area contributed by atoms with Crippen molar-refractivity contribution in [1.29, 1.82) is 0 Å². The van der Waals surface area contributed by atoms with Gasteiger partial charge in [-0.25, -0.2) is 5.01 Å². The summed E-state index contributed by atoms with van der Waals surface area (Å²) >= 11 is 1.99. The smallest absolute Gasteiger partial charge is 0.110 e. The standard InChI is InChI=1S/C10H19IN2O/c1-8(2)9(3)12-13-6-4-10(14-11)5-7-13/h8,10,12H,3-7H2,1-2H3. The molecule has 1 aliphatic heterocycles. The average molecular weight is 310 g/mol. The van der Waals surface area contributed by atoms with Gasteiger partial charge in [-0.15, -0.1) is 0 Å². The molecule has 0 aromatic rings. The van der Waals surface area contributed by atoms with Crippen LogP contribution in [-0.4, -0.2) is 24.2 Å². The molecule has 1 aliphatic rings. The zero-order chi connectivity index (χ0) is 10.6. The quantitative estimate of drug-likeness (QED) is 0.808. The summed E-state index contributed by atoms with van der Waals surface area (Å²) in [5.41, 5.74) is 4.44. The van der Waals surface area contributed by atoms with Gasteiger partial charge in [0.25, 0.3) is 0 Å². The highest BCUT2D eigenvalue weighted by Gasteiger charge is 2.19. The summed E-state index contributed by atoms with van der Waals surface area (Å²) in [6, 6.07) is 0. The zero-order valence-corrected chi connectivity index (χ0v) is 11.1. The Morgan fingerprint density at radius 2 is 2.07 bits per heavy atom. The second-order valence-electron chi connectivity index (χ2n) is 4.07. The molecular formula is C10H19IN2O. The minimum absolute atomic E-state index is 0.431. The predicted molar refractivity (Wildman–Crippen MR) is 66.8 cm³/mol. The Labute approximate surface area is 101 Å². The molecule has 0 atom stereocenters. The number of halogens is 1. The summed E-state index contributed by atoms with van der Waals surface area (Å²) in [5, 5.41) is 2.23. The van der Waals surface area contributed by atoms with E-state index in [1.165, 1.54) is 0 Å². The molecule has 3 nitrogen and oxygen atoms in total. The van der Waals surface area contributed by atoms with Gasteiger partial charge in [0.1, 0.15) is 23.0 Å². The van der Waals surface area contributed by atoms with E-state index >= 15 is 0 Å². The topological polar surface area (TPSA) is 24.5 Å². The van der Waals surface area contributed by atoms with Crippen LogP contribution in [0.3, 0.4) is 0 Å². The summed E-state index contributed by atoms with van der Waals surface area (Å²) < 4.78 is 5.29. The zero-order valence-electron chi connectivity index (χ0n) is 8.92. The maximum absolute atomic E-state index is 5.29. The van der Waals surface area contributed by atoms with Gasteiger partial charge in [0.2, 0.25) is 0 Å². The molecule has 4 heteroatoms. The fourth-order valence-electron chi connectivity index (χ4n) is 1.39. The van der Waals surface area contributed by atoms with Crippen LogP contribution in [0.2, 0.25) is 0 Å². The molecule has 1 rings (SSSR count). The molecular weight excluding hydrogens is 291 g/mol. The number of hydrogen-bond donors (Lipinski definition) is 1. The Bertz CT molecular complexity index is 189. The molecule has 0 aromatic heterocycles. The van der Waals surface area contributed by atoms with E-state index in [4.69, 9.17) is 3.07 Å². The first kappa shape index (κ1) is 12.3. The van der Waals surface area contributed by atoms with E-state index in [9.17, 15) is 0 Å². The summed E-state index contributed by atoms with van der Waals surface area (Å²) in [5.74, 6) is 0.494. The van der Waals surface area contributed by atoms with E-state index in [0.717, 1.165) is 31.6 Å². The van der Waals surface area contributed by atoms with Crippen LogP contribution in [0.15, 0.2) is 12.3 Å². The number of hydrazine groups is 1. The molecule has 0 aromatic carbocycles. The summed E-state index contributed by atoms with van der Waals surface area (Å²) in [6.45, 7) is 10.4. The van der Waals surface area contributed by atoms with Crippen molar-refractivity contribution in [3.8, 4) is 0 Å². The van der Waals surface area contributed by atoms with Crippen molar-refractivity contribution in [2.24, 2.45) is 5.92 Å². The van der Waals surface area contributed by atoms with Crippen LogP contribution in [0, 0.1) is 5.92 Å². The van der Waals surface area contributed by atoms with Crippen LogP contribution in [0.25, 0.3) is 0 Å². The van der Waals surface area contributed by atoms with E-state index < -0.39 is 0 Å². The average Bonchev–Trinajstić information content (AvgIpc) is 2.19. The minimum atomic E-state index is 0.431. The Kier molecular flexibility index (Phi) is 5.19. The lowest BCUT2D eigenvalue weighted by Gasteiger charge is -2.32. The summed E-state index contributed by atoms with van der Waals surface area (Å²) in [7, 11) is 0. The highest BCUT2D eigenvalue weighted by atomic mass is 127. The predicted octanol–water partition coefficient (Wildman–Crippen LogP) is 2.49. The highest BCUT2D eigenvalue weighted by molar-refractivity contribution is 14.1. The molecule has 0 bridgehead atoms. The molecule has 0 amide bonds. The van der Waals surface area contributed by atoms with Crippen LogP contribution >= 0.6 is 23.0 Å². The second-order valence-corrected chi connectivity index (χ2v) is 4.58. The van der Waals surface area contributed by atoms with E-state index in [1.807, 2.05) is 23.0 Å². The van der Waals surface area contributed by atoms with Gasteiger partial charge in [0, 0.05) is 18.8 Å². The third-order valence-electron chi connectivity index (χ3n) is 2.57. The van der Waals surface area contributed by atoms with Crippen molar-refractivity contribution >= 4 is 23.0 Å². The normalized spacial score (nSPS) is 20.0. The van der Waals surface area contributed by atoms with Crippen molar-refractivity contribution in [2.75, 3.05) is 13.1 Å². The van der Waals surface area contributed by atoms with Crippen molar-refractivity contribution in [3.63, 3.8) is 0 Å². The van der Waals surface area contributed by atoms with Gasteiger partial charge >= 0.3 is 0 Å². The van der Waals surface area contributed by atoms with Crippen LogP contribution in [-0.2, 0) is 3.07 Å². The number of nitrogens with zero attached hydrogens (tertiary/aromatic N) is 1. The van der Waals surface area contributed by atoms with Crippen molar-refractivity contribution in [3.05, 3.63) is 12.3 Å². The lowest BCUT2D eigenvalue weighted by atomic mass is 10.1. The van der Waals surface area contributed by atoms with E-state index in [2.05, 4.69) is 30.9 Å². The van der Waals surface area contributed by atoms with Gasteiger partial charge in [-0.3, -0.25) is 0 Å². The van der Waals surface area contributed by atoms with E-state index in [1.54, 1.807) is 0 Å². The molecule has 0 spiro atoms. The fourth-order valence-corrected chi connectivity index (χ4v) is 1.90. The van der Waals surface area contributed by atoms with E-state index in [-0.39, 0.29) is 0 Å². The van der Waals surface area contributed by atoms with Gasteiger partial charge in [0.15, 0.2) is 0 Å². The Balaban J connectivity index is 2.25. The third-order valence-corrected chi connectivity index (χ3v) is 3.29. The molecule has 1 N–H and O–H groups in total. The van der Waals surface area contributed by atoms with Crippen molar-refractivity contribution in [2.45, 2.75) is 32.8 Å². The molecule has 82 valence electrons. The first-order valence-electron chi connectivity index (χ1n) is 5.11. The first-order chi connectivity index (χ1) is 6.63. The number of hydrogen-bond acceptors (Lipinski definition) is 3. The van der Waals surface area contributed by atoms with Gasteiger partial charge in [0.05, 0.1) is 6.10 Å². The Morgan fingerprint density at radius 3 is 2.50 bits per heavy atom. The molecule has 14 heavy (non-hydrogen) atoms. The number of piperidine rings is 1. The number of nitrogens with one attached hydrogen (secondary N) is 1. The van der Waals surface area contributed by atoms with Crippen molar-refractivity contribution in [1.82, 2.24) is 10.4 Å². The number of rotatable bonds is 4. The van der Waals surface area contributed by atoms with Crippen LogP contribution in [0.1, 0.15) is 26.7 Å². The third kappa shape index (κ3) is 3.74. The molecule has 0 radical (unpaired) electrons. The van der Waals surface area contributed by atoms with Gasteiger partial charge in [-0.1, -0.05) is 20.4 Å². The van der Waals surface area contributed by atoms with Crippen LogP contribution < -0.4 is 5.43 Å². The van der Waals surface area contributed by atoms with Crippen molar-refractivity contribution < 1.29 is 3.07 Å². The molecule has 1 fully saturated rings. The Morgan fingerprint density at radius 1 is 1.50 bits per heavy atom. The molecule has 0 aliphatic carbocycles.